The molecule has 0 atom stereocenters. The maximum absolute atomic E-state index is 12.8. The Labute approximate surface area is 184 Å². The second-order valence-corrected chi connectivity index (χ2v) is 7.72. The van der Waals surface area contributed by atoms with Crippen molar-refractivity contribution in [2.75, 3.05) is 10.6 Å². The zero-order valence-corrected chi connectivity index (χ0v) is 18.0. The number of carbonyl (C=O) groups is 2. The van der Waals surface area contributed by atoms with Crippen molar-refractivity contribution in [1.29, 1.82) is 0 Å². The van der Waals surface area contributed by atoms with Crippen LogP contribution in [0.1, 0.15) is 27.0 Å². The molecule has 162 valence electrons. The summed E-state index contributed by atoms with van der Waals surface area (Å²) in [7, 11) is 0. The summed E-state index contributed by atoms with van der Waals surface area (Å²) >= 11 is 0. The first-order valence-electron chi connectivity index (χ1n) is 10.1. The summed E-state index contributed by atoms with van der Waals surface area (Å²) in [6.45, 7) is 5.51. The van der Waals surface area contributed by atoms with E-state index in [0.717, 1.165) is 27.1 Å². The average Bonchev–Trinajstić information content (AvgIpc) is 3.05. The van der Waals surface area contributed by atoms with Crippen LogP contribution in [-0.4, -0.2) is 26.0 Å². The molecule has 0 fully saturated rings. The number of hydrogen-bond acceptors (Lipinski definition) is 4. The normalized spacial score (nSPS) is 10.8. The smallest absolute Gasteiger partial charge is 0.324 e. The van der Waals surface area contributed by atoms with Crippen LogP contribution < -0.4 is 16.3 Å². The number of aryl methyl sites for hydroxylation is 3. The summed E-state index contributed by atoms with van der Waals surface area (Å²) in [5, 5.41) is 9.87. The maximum Gasteiger partial charge on any atom is 0.350 e. The zero-order chi connectivity index (χ0) is 22.8. The first kappa shape index (κ1) is 21.0. The molecular formula is C24H23N5O3. The van der Waals surface area contributed by atoms with Crippen LogP contribution in [0.3, 0.4) is 0 Å². The molecule has 0 saturated carbocycles. The summed E-state index contributed by atoms with van der Waals surface area (Å²) in [5.41, 5.74) is 4.44. The lowest BCUT2D eigenvalue weighted by Gasteiger charge is -2.10. The van der Waals surface area contributed by atoms with Gasteiger partial charge in [-0.05, 0) is 61.7 Å². The molecule has 0 unspecified atom stereocenters. The number of amides is 2. The number of fused-ring (bicyclic) bond motifs is 1. The Morgan fingerprint density at radius 1 is 0.938 bits per heavy atom. The Balaban J connectivity index is 1.54. The lowest BCUT2D eigenvalue weighted by atomic mass is 10.1. The van der Waals surface area contributed by atoms with E-state index in [1.165, 1.54) is 10.6 Å². The van der Waals surface area contributed by atoms with Gasteiger partial charge < -0.3 is 10.6 Å². The van der Waals surface area contributed by atoms with E-state index in [4.69, 9.17) is 0 Å². The lowest BCUT2D eigenvalue weighted by Crippen LogP contribution is -2.28. The van der Waals surface area contributed by atoms with Crippen molar-refractivity contribution in [3.05, 3.63) is 93.5 Å². The van der Waals surface area contributed by atoms with E-state index in [1.54, 1.807) is 18.2 Å². The molecule has 0 bridgehead atoms. The Morgan fingerprint density at radius 3 is 2.38 bits per heavy atom. The summed E-state index contributed by atoms with van der Waals surface area (Å²) < 4.78 is 2.35. The van der Waals surface area contributed by atoms with Gasteiger partial charge in [0.05, 0.1) is 5.56 Å². The lowest BCUT2D eigenvalue weighted by molar-refractivity contribution is -0.117. The average molecular weight is 429 g/mol. The minimum atomic E-state index is -0.498. The molecule has 0 aliphatic carbocycles. The van der Waals surface area contributed by atoms with E-state index in [1.807, 2.05) is 57.2 Å². The number of para-hydroxylation sites is 1. The van der Waals surface area contributed by atoms with Crippen molar-refractivity contribution in [3.8, 4) is 0 Å². The monoisotopic (exact) mass is 429 g/mol. The molecule has 2 aromatic carbocycles. The third-order valence-corrected chi connectivity index (χ3v) is 5.15. The van der Waals surface area contributed by atoms with Gasteiger partial charge in [0.2, 0.25) is 5.91 Å². The predicted molar refractivity (Wildman–Crippen MR) is 123 cm³/mol. The number of rotatable bonds is 5. The maximum atomic E-state index is 12.8. The molecule has 8 nitrogen and oxygen atoms in total. The van der Waals surface area contributed by atoms with E-state index >= 15 is 0 Å². The van der Waals surface area contributed by atoms with Gasteiger partial charge in [-0.2, -0.15) is 0 Å². The highest BCUT2D eigenvalue weighted by Crippen LogP contribution is 2.19. The Hall–Kier alpha value is -4.20. The molecule has 0 radical (unpaired) electrons. The molecule has 2 aromatic heterocycles. The highest BCUT2D eigenvalue weighted by Gasteiger charge is 2.15. The van der Waals surface area contributed by atoms with Crippen molar-refractivity contribution in [2.24, 2.45) is 0 Å². The molecule has 2 heterocycles. The molecule has 8 heteroatoms. The van der Waals surface area contributed by atoms with Crippen molar-refractivity contribution in [1.82, 2.24) is 14.2 Å². The number of carbonyl (C=O) groups excluding carboxylic acids is 2. The fourth-order valence-corrected chi connectivity index (χ4v) is 3.51. The van der Waals surface area contributed by atoms with Gasteiger partial charge in [0.1, 0.15) is 6.54 Å². The Kier molecular flexibility index (Phi) is 5.59. The second kappa shape index (κ2) is 8.50. The van der Waals surface area contributed by atoms with Gasteiger partial charge in [-0.1, -0.05) is 30.3 Å². The number of aromatic nitrogens is 3. The molecule has 4 rings (SSSR count). The number of nitrogens with one attached hydrogen (secondary N) is 2. The van der Waals surface area contributed by atoms with Gasteiger partial charge in [0.15, 0.2) is 5.65 Å². The van der Waals surface area contributed by atoms with E-state index in [9.17, 15) is 14.4 Å². The van der Waals surface area contributed by atoms with Crippen LogP contribution in [0, 0.1) is 20.8 Å². The molecule has 0 spiro atoms. The van der Waals surface area contributed by atoms with Crippen LogP contribution in [0.15, 0.2) is 65.6 Å². The molecule has 4 aromatic rings. The summed E-state index contributed by atoms with van der Waals surface area (Å²) in [6, 6.07) is 16.3. The molecule has 0 saturated heterocycles. The van der Waals surface area contributed by atoms with Crippen LogP contribution in [0.4, 0.5) is 11.4 Å². The minimum absolute atomic E-state index is 0.237. The van der Waals surface area contributed by atoms with E-state index in [2.05, 4.69) is 15.7 Å². The largest absolute Gasteiger partial charge is 0.350 e. The number of benzene rings is 2. The SMILES string of the molecule is Cc1cccc(NC(=O)c2ccc3nn(CC(=O)Nc4c(C)cccc4C)c(=O)n3c2)c1. The van der Waals surface area contributed by atoms with Crippen LogP contribution in [0.2, 0.25) is 0 Å². The molecule has 2 amide bonds. The number of hydrogen-bond donors (Lipinski definition) is 2. The van der Waals surface area contributed by atoms with Crippen LogP contribution in [0.5, 0.6) is 0 Å². The number of pyridine rings is 1. The molecule has 0 aliphatic heterocycles. The van der Waals surface area contributed by atoms with Crippen molar-refractivity contribution in [3.63, 3.8) is 0 Å². The van der Waals surface area contributed by atoms with Gasteiger partial charge in [0.25, 0.3) is 5.91 Å². The first-order valence-corrected chi connectivity index (χ1v) is 10.1. The third kappa shape index (κ3) is 4.29. The second-order valence-electron chi connectivity index (χ2n) is 7.72. The van der Waals surface area contributed by atoms with Crippen molar-refractivity contribution in [2.45, 2.75) is 27.3 Å². The molecule has 2 N–H and O–H groups in total. The quantitative estimate of drug-likeness (QED) is 0.509. The van der Waals surface area contributed by atoms with Gasteiger partial charge >= 0.3 is 5.69 Å². The highest BCUT2D eigenvalue weighted by molar-refractivity contribution is 6.04. The van der Waals surface area contributed by atoms with Crippen molar-refractivity contribution >= 4 is 28.8 Å². The van der Waals surface area contributed by atoms with Gasteiger partial charge in [-0.15, -0.1) is 5.10 Å². The van der Waals surface area contributed by atoms with Gasteiger partial charge in [0, 0.05) is 17.6 Å². The Morgan fingerprint density at radius 2 is 1.66 bits per heavy atom. The third-order valence-electron chi connectivity index (χ3n) is 5.15. The first-order chi connectivity index (χ1) is 15.3. The van der Waals surface area contributed by atoms with Crippen molar-refractivity contribution < 1.29 is 9.59 Å². The molecule has 0 aliphatic rings. The van der Waals surface area contributed by atoms with E-state index < -0.39 is 5.69 Å². The molecule has 32 heavy (non-hydrogen) atoms. The number of nitrogens with zero attached hydrogens (tertiary/aromatic N) is 3. The van der Waals surface area contributed by atoms with E-state index in [0.29, 0.717) is 16.9 Å². The van der Waals surface area contributed by atoms with Crippen LogP contribution in [0.25, 0.3) is 5.65 Å². The van der Waals surface area contributed by atoms with Crippen LogP contribution in [-0.2, 0) is 11.3 Å². The van der Waals surface area contributed by atoms with Crippen LogP contribution >= 0.6 is 0 Å². The Bertz CT molecular complexity index is 1380. The standard InChI is InChI=1S/C24H23N5O3/c1-15-6-4-9-19(12-15)25-23(31)18-10-11-20-27-29(24(32)28(20)13-18)14-21(30)26-22-16(2)7-5-8-17(22)3/h4-13H,14H2,1-3H3,(H,25,31)(H,26,30). The summed E-state index contributed by atoms with van der Waals surface area (Å²) in [5.74, 6) is -0.699. The highest BCUT2D eigenvalue weighted by atomic mass is 16.2. The van der Waals surface area contributed by atoms with Gasteiger partial charge in [-0.25, -0.2) is 13.9 Å². The zero-order valence-electron chi connectivity index (χ0n) is 18.0. The summed E-state index contributed by atoms with van der Waals surface area (Å²) in [4.78, 5) is 37.9. The van der Waals surface area contributed by atoms with Gasteiger partial charge in [-0.3, -0.25) is 9.59 Å². The number of anilines is 2. The topological polar surface area (TPSA) is 97.5 Å². The predicted octanol–water partition coefficient (Wildman–Crippen LogP) is 3.31. The molecular weight excluding hydrogens is 406 g/mol. The summed E-state index contributed by atoms with van der Waals surface area (Å²) in [6.07, 6.45) is 1.43. The fraction of sp³-hybridized carbons (Fsp3) is 0.167. The minimum Gasteiger partial charge on any atom is -0.324 e. The van der Waals surface area contributed by atoms with E-state index in [-0.39, 0.29) is 18.4 Å². The fourth-order valence-electron chi connectivity index (χ4n) is 3.51.